The number of amides is 1. The molecule has 0 aliphatic heterocycles. The summed E-state index contributed by atoms with van der Waals surface area (Å²) in [5.41, 5.74) is -0.201. The van der Waals surface area contributed by atoms with Crippen LogP contribution in [0.4, 0.5) is 9.18 Å². The van der Waals surface area contributed by atoms with Crippen LogP contribution in [0.15, 0.2) is 18.3 Å². The molecule has 0 unspecified atom stereocenters. The predicted octanol–water partition coefficient (Wildman–Crippen LogP) is 2.71. The lowest BCUT2D eigenvalue weighted by atomic mass is 10.2. The number of fused-ring (bicyclic) bond motifs is 1. The van der Waals surface area contributed by atoms with E-state index in [1.165, 1.54) is 17.9 Å². The number of hydrogen-bond donors (Lipinski definition) is 1. The van der Waals surface area contributed by atoms with Crippen molar-refractivity contribution in [2.45, 2.75) is 32.9 Å². The van der Waals surface area contributed by atoms with Crippen molar-refractivity contribution in [2.24, 2.45) is 0 Å². The van der Waals surface area contributed by atoms with Gasteiger partial charge in [-0.25, -0.2) is 9.18 Å². The molecule has 22 heavy (non-hydrogen) atoms. The molecule has 120 valence electrons. The maximum atomic E-state index is 14.0. The normalized spacial score (nSPS) is 11.5. The number of hydrogen-bond acceptors (Lipinski definition) is 4. The maximum absolute atomic E-state index is 14.0. The van der Waals surface area contributed by atoms with Crippen molar-refractivity contribution in [2.75, 3.05) is 13.7 Å². The maximum Gasteiger partial charge on any atom is 0.407 e. The summed E-state index contributed by atoms with van der Waals surface area (Å²) in [5, 5.41) is 7.35. The Hall–Kier alpha value is -2.31. The van der Waals surface area contributed by atoms with Gasteiger partial charge in [0.2, 0.25) is 0 Å². The van der Waals surface area contributed by atoms with E-state index in [0.29, 0.717) is 23.2 Å². The lowest BCUT2D eigenvalue weighted by Crippen LogP contribution is -2.34. The van der Waals surface area contributed by atoms with E-state index in [1.54, 1.807) is 33.0 Å². The zero-order chi connectivity index (χ0) is 16.3. The van der Waals surface area contributed by atoms with Crippen LogP contribution >= 0.6 is 0 Å². The second-order valence-electron chi connectivity index (χ2n) is 5.81. The minimum Gasteiger partial charge on any atom is -0.496 e. The topological polar surface area (TPSA) is 65.4 Å². The summed E-state index contributed by atoms with van der Waals surface area (Å²) < 4.78 is 25.8. The number of carbonyl (C=O) groups excluding carboxylic acids is 1. The van der Waals surface area contributed by atoms with Gasteiger partial charge in [-0.05, 0) is 32.9 Å². The zero-order valence-electron chi connectivity index (χ0n) is 13.1. The quantitative estimate of drug-likeness (QED) is 0.943. The van der Waals surface area contributed by atoms with Crippen LogP contribution < -0.4 is 10.1 Å². The van der Waals surface area contributed by atoms with Gasteiger partial charge in [0.25, 0.3) is 0 Å². The Morgan fingerprint density at radius 2 is 2.14 bits per heavy atom. The smallest absolute Gasteiger partial charge is 0.407 e. The molecule has 0 saturated heterocycles. The molecule has 6 nitrogen and oxygen atoms in total. The van der Waals surface area contributed by atoms with Gasteiger partial charge in [0.1, 0.15) is 22.7 Å². The monoisotopic (exact) mass is 309 g/mol. The first-order chi connectivity index (χ1) is 10.3. The van der Waals surface area contributed by atoms with Gasteiger partial charge in [0.05, 0.1) is 25.2 Å². The van der Waals surface area contributed by atoms with Gasteiger partial charge >= 0.3 is 6.09 Å². The fraction of sp³-hybridized carbons (Fsp3) is 0.467. The van der Waals surface area contributed by atoms with E-state index in [9.17, 15) is 9.18 Å². The third kappa shape index (κ3) is 3.66. The molecule has 7 heteroatoms. The Balaban J connectivity index is 2.05. The van der Waals surface area contributed by atoms with E-state index in [0.717, 1.165) is 0 Å². The van der Waals surface area contributed by atoms with Gasteiger partial charge < -0.3 is 14.8 Å². The third-order valence-corrected chi connectivity index (χ3v) is 2.92. The van der Waals surface area contributed by atoms with E-state index >= 15 is 0 Å². The first kappa shape index (κ1) is 16.1. The number of halogens is 1. The molecule has 1 amide bonds. The van der Waals surface area contributed by atoms with E-state index in [2.05, 4.69) is 10.4 Å². The molecule has 2 aromatic rings. The molecule has 0 spiro atoms. The number of carbonyl (C=O) groups is 1. The van der Waals surface area contributed by atoms with Crippen molar-refractivity contribution < 1.29 is 18.7 Å². The number of aromatic nitrogens is 2. The molecule has 0 aliphatic rings. The van der Waals surface area contributed by atoms with Crippen molar-refractivity contribution in [3.05, 3.63) is 24.1 Å². The van der Waals surface area contributed by atoms with Crippen molar-refractivity contribution in [3.8, 4) is 5.75 Å². The summed E-state index contributed by atoms with van der Waals surface area (Å²) >= 11 is 0. The largest absolute Gasteiger partial charge is 0.496 e. The highest BCUT2D eigenvalue weighted by molar-refractivity contribution is 5.85. The lowest BCUT2D eigenvalue weighted by molar-refractivity contribution is 0.0526. The molecule has 0 aliphatic carbocycles. The predicted molar refractivity (Wildman–Crippen MR) is 80.5 cm³/mol. The minimum atomic E-state index is -0.554. The molecule has 0 radical (unpaired) electrons. The molecule has 0 bridgehead atoms. The Morgan fingerprint density at radius 3 is 2.77 bits per heavy atom. The molecule has 1 aromatic heterocycles. The second-order valence-corrected chi connectivity index (χ2v) is 5.81. The SMILES string of the molecule is COc1ccc(F)c2c1cnn2CCNC(=O)OC(C)(C)C. The summed E-state index contributed by atoms with van der Waals surface area (Å²) in [5.74, 6) is 0.174. The van der Waals surface area contributed by atoms with Gasteiger partial charge in [-0.15, -0.1) is 0 Å². The Labute approximate surface area is 128 Å². The first-order valence-corrected chi connectivity index (χ1v) is 6.96. The van der Waals surface area contributed by atoms with E-state index < -0.39 is 11.7 Å². The van der Waals surface area contributed by atoms with Crippen molar-refractivity contribution in [1.29, 1.82) is 0 Å². The number of nitrogens with zero attached hydrogens (tertiary/aromatic N) is 2. The van der Waals surface area contributed by atoms with Gasteiger partial charge in [0.15, 0.2) is 0 Å². The van der Waals surface area contributed by atoms with E-state index in [4.69, 9.17) is 9.47 Å². The molecule has 0 atom stereocenters. The van der Waals surface area contributed by atoms with Crippen molar-refractivity contribution in [3.63, 3.8) is 0 Å². The van der Waals surface area contributed by atoms with E-state index in [-0.39, 0.29) is 12.4 Å². The fourth-order valence-corrected chi connectivity index (χ4v) is 2.06. The highest BCUT2D eigenvalue weighted by atomic mass is 19.1. The summed E-state index contributed by atoms with van der Waals surface area (Å²) in [4.78, 5) is 11.6. The van der Waals surface area contributed by atoms with Crippen LogP contribution in [-0.4, -0.2) is 35.1 Å². The number of methoxy groups -OCH3 is 1. The molecule has 0 saturated carbocycles. The third-order valence-electron chi connectivity index (χ3n) is 2.92. The molecule has 0 fully saturated rings. The zero-order valence-corrected chi connectivity index (χ0v) is 13.1. The standard InChI is InChI=1S/C15H20FN3O3/c1-15(2,3)22-14(20)17-7-8-19-13-10(9-18-19)12(21-4)6-5-11(13)16/h5-6,9H,7-8H2,1-4H3,(H,17,20). The van der Waals surface area contributed by atoms with E-state index in [1.807, 2.05) is 0 Å². The molecular formula is C15H20FN3O3. The Bertz CT molecular complexity index is 676. The minimum absolute atomic E-state index is 0.280. The van der Waals surface area contributed by atoms with Gasteiger partial charge in [-0.2, -0.15) is 5.10 Å². The van der Waals surface area contributed by atoms with Crippen LogP contribution in [0.25, 0.3) is 10.9 Å². The fourth-order valence-electron chi connectivity index (χ4n) is 2.06. The summed E-state index contributed by atoms with van der Waals surface area (Å²) in [7, 11) is 1.52. The summed E-state index contributed by atoms with van der Waals surface area (Å²) in [6.07, 6.45) is 1.03. The average Bonchev–Trinajstić information content (AvgIpc) is 2.82. The van der Waals surface area contributed by atoms with Crippen molar-refractivity contribution >= 4 is 17.0 Å². The second kappa shape index (κ2) is 6.21. The average molecular weight is 309 g/mol. The number of alkyl carbamates (subject to hydrolysis) is 1. The van der Waals surface area contributed by atoms with Gasteiger partial charge in [-0.1, -0.05) is 0 Å². The molecular weight excluding hydrogens is 289 g/mol. The van der Waals surface area contributed by atoms with Crippen LogP contribution in [0.3, 0.4) is 0 Å². The van der Waals surface area contributed by atoms with Crippen LogP contribution in [0.2, 0.25) is 0 Å². The highest BCUT2D eigenvalue weighted by Gasteiger charge is 2.16. The molecule has 2 rings (SSSR count). The Kier molecular flexibility index (Phi) is 4.54. The molecule has 1 N–H and O–H groups in total. The van der Waals surface area contributed by atoms with Crippen LogP contribution in [0.5, 0.6) is 5.75 Å². The summed E-state index contributed by atoms with van der Waals surface area (Å²) in [6.45, 7) is 5.97. The van der Waals surface area contributed by atoms with Crippen molar-refractivity contribution in [1.82, 2.24) is 15.1 Å². The van der Waals surface area contributed by atoms with Crippen LogP contribution in [0, 0.1) is 5.82 Å². The lowest BCUT2D eigenvalue weighted by Gasteiger charge is -2.19. The molecule has 1 heterocycles. The number of nitrogens with one attached hydrogen (secondary N) is 1. The van der Waals surface area contributed by atoms with Crippen LogP contribution in [-0.2, 0) is 11.3 Å². The van der Waals surface area contributed by atoms with Crippen LogP contribution in [0.1, 0.15) is 20.8 Å². The van der Waals surface area contributed by atoms with Gasteiger partial charge in [-0.3, -0.25) is 4.68 Å². The highest BCUT2D eigenvalue weighted by Crippen LogP contribution is 2.27. The number of rotatable bonds is 4. The summed E-state index contributed by atoms with van der Waals surface area (Å²) in [6, 6.07) is 2.89. The molecule has 1 aromatic carbocycles. The first-order valence-electron chi connectivity index (χ1n) is 6.96. The van der Waals surface area contributed by atoms with Gasteiger partial charge in [0, 0.05) is 6.54 Å². The number of benzene rings is 1. The Morgan fingerprint density at radius 1 is 1.41 bits per heavy atom. The number of ether oxygens (including phenoxy) is 2.